The average Bonchev–Trinajstić information content (AvgIpc) is 2.98. The zero-order valence-electron chi connectivity index (χ0n) is 11.6. The van der Waals surface area contributed by atoms with Gasteiger partial charge < -0.3 is 0 Å². The number of amides is 1. The van der Waals surface area contributed by atoms with E-state index in [0.717, 1.165) is 6.26 Å². The van der Waals surface area contributed by atoms with Crippen LogP contribution in [-0.4, -0.2) is 26.4 Å². The topological polar surface area (TPSA) is 96.2 Å². The minimum absolute atomic E-state index is 0.0631. The van der Waals surface area contributed by atoms with E-state index in [0.29, 0.717) is 4.88 Å². The molecule has 0 fully saturated rings. The molecule has 2 N–H and O–H groups in total. The summed E-state index contributed by atoms with van der Waals surface area (Å²) in [5.41, 5.74) is 2.31. The summed E-state index contributed by atoms with van der Waals surface area (Å²) in [4.78, 5) is 26.4. The monoisotopic (exact) mass is 340 g/mol. The van der Waals surface area contributed by atoms with E-state index in [4.69, 9.17) is 0 Å². The van der Waals surface area contributed by atoms with Gasteiger partial charge in [0.2, 0.25) is 22.4 Å². The average molecular weight is 340 g/mol. The molecule has 0 aliphatic rings. The van der Waals surface area contributed by atoms with E-state index in [2.05, 4.69) is 5.43 Å². The molecule has 0 aromatic carbocycles. The largest absolute Gasteiger partial charge is 0.286 e. The van der Waals surface area contributed by atoms with E-state index in [1.807, 2.05) is 10.2 Å². The molecule has 2 aromatic heterocycles. The fourth-order valence-corrected chi connectivity index (χ4v) is 2.58. The first-order valence-electron chi connectivity index (χ1n) is 6.18. The maximum atomic E-state index is 12.0. The third kappa shape index (κ3) is 4.72. The van der Waals surface area contributed by atoms with Crippen molar-refractivity contribution in [1.29, 1.82) is 0 Å². The lowest BCUT2D eigenvalue weighted by molar-refractivity contribution is -0.683. The predicted octanol–water partition coefficient (Wildman–Crippen LogP) is 0.113. The number of sulfonamides is 1. The molecule has 0 unspecified atom stereocenters. The van der Waals surface area contributed by atoms with Crippen LogP contribution in [0.5, 0.6) is 0 Å². The molecule has 0 atom stereocenters. The van der Waals surface area contributed by atoms with Crippen LogP contribution in [0.4, 0.5) is 0 Å². The van der Waals surface area contributed by atoms with Crippen LogP contribution >= 0.6 is 11.3 Å². The Kier molecular flexibility index (Phi) is 5.01. The Morgan fingerprint density at radius 3 is 2.68 bits per heavy atom. The van der Waals surface area contributed by atoms with Crippen molar-refractivity contribution in [3.8, 4) is 0 Å². The second-order valence-electron chi connectivity index (χ2n) is 4.49. The normalized spacial score (nSPS) is 11.1. The van der Waals surface area contributed by atoms with Crippen LogP contribution in [-0.2, 0) is 16.6 Å². The molecule has 7 nitrogen and oxygen atoms in total. The fraction of sp³-hybridized carbons (Fsp3) is 0.154. The maximum Gasteiger partial charge on any atom is 0.272 e. The summed E-state index contributed by atoms with van der Waals surface area (Å²) in [6, 6.07) is 6.66. The molecule has 1 amide bonds. The molecule has 0 aliphatic carbocycles. The van der Waals surface area contributed by atoms with Crippen molar-refractivity contribution in [2.45, 2.75) is 6.54 Å². The molecule has 22 heavy (non-hydrogen) atoms. The molecule has 9 heteroatoms. The van der Waals surface area contributed by atoms with Crippen molar-refractivity contribution in [1.82, 2.24) is 10.3 Å². The van der Waals surface area contributed by atoms with Crippen LogP contribution in [0.15, 0.2) is 42.0 Å². The van der Waals surface area contributed by atoms with Gasteiger partial charge in [-0.25, -0.2) is 8.42 Å². The number of ketones is 1. The molecule has 0 spiro atoms. The quantitative estimate of drug-likeness (QED) is 0.443. The predicted molar refractivity (Wildman–Crippen MR) is 80.7 cm³/mol. The van der Waals surface area contributed by atoms with Crippen LogP contribution < -0.4 is 14.8 Å². The molecule has 2 aromatic rings. The van der Waals surface area contributed by atoms with Gasteiger partial charge in [-0.2, -0.15) is 4.57 Å². The van der Waals surface area contributed by atoms with Crippen molar-refractivity contribution in [2.24, 2.45) is 0 Å². The summed E-state index contributed by atoms with van der Waals surface area (Å²) >= 11 is 1.35. The Hall–Kier alpha value is -2.10. The van der Waals surface area contributed by atoms with Crippen molar-refractivity contribution >= 4 is 33.1 Å². The summed E-state index contributed by atoms with van der Waals surface area (Å²) in [6.45, 7) is 0.0984. The van der Waals surface area contributed by atoms with Crippen LogP contribution in [0.1, 0.15) is 20.0 Å². The van der Waals surface area contributed by atoms with Gasteiger partial charge in [-0.1, -0.05) is 6.07 Å². The lowest BCUT2D eigenvalue weighted by Gasteiger charge is -2.04. The number of carbonyl (C=O) groups excluding carboxylic acids is 2. The molecule has 0 aliphatic heterocycles. The van der Waals surface area contributed by atoms with E-state index >= 15 is 0 Å². The lowest BCUT2D eigenvalue weighted by Crippen LogP contribution is -2.43. The van der Waals surface area contributed by atoms with Crippen molar-refractivity contribution < 1.29 is 22.6 Å². The van der Waals surface area contributed by atoms with Crippen LogP contribution in [0.25, 0.3) is 0 Å². The Labute approximate surface area is 131 Å². The van der Waals surface area contributed by atoms with E-state index in [1.165, 1.54) is 23.6 Å². The highest BCUT2D eigenvalue weighted by molar-refractivity contribution is 7.88. The van der Waals surface area contributed by atoms with E-state index in [1.54, 1.807) is 29.0 Å². The number of carbonyl (C=O) groups is 2. The zero-order valence-corrected chi connectivity index (χ0v) is 13.3. The third-order valence-corrected chi connectivity index (χ3v) is 3.98. The number of hydrazine groups is 1. The van der Waals surface area contributed by atoms with E-state index < -0.39 is 15.9 Å². The number of nitrogens with zero attached hydrogens (tertiary/aromatic N) is 1. The summed E-state index contributed by atoms with van der Waals surface area (Å²) in [6.07, 6.45) is 4.06. The maximum absolute atomic E-state index is 12.0. The van der Waals surface area contributed by atoms with Crippen LogP contribution in [0.2, 0.25) is 0 Å². The van der Waals surface area contributed by atoms with Crippen LogP contribution in [0.3, 0.4) is 0 Å². The third-order valence-electron chi connectivity index (χ3n) is 2.59. The first kappa shape index (κ1) is 16.3. The van der Waals surface area contributed by atoms with Crippen LogP contribution in [0, 0.1) is 0 Å². The minimum atomic E-state index is -3.53. The van der Waals surface area contributed by atoms with E-state index in [-0.39, 0.29) is 17.9 Å². The second kappa shape index (κ2) is 6.77. The van der Waals surface area contributed by atoms with Gasteiger partial charge in [0.25, 0.3) is 5.91 Å². The summed E-state index contributed by atoms with van der Waals surface area (Å²) in [5.74, 6) is -0.671. The van der Waals surface area contributed by atoms with Gasteiger partial charge in [0, 0.05) is 6.07 Å². The van der Waals surface area contributed by atoms with Crippen molar-refractivity contribution in [3.05, 3.63) is 52.5 Å². The second-order valence-corrected chi connectivity index (χ2v) is 7.19. The highest BCUT2D eigenvalue weighted by atomic mass is 32.2. The van der Waals surface area contributed by atoms with Gasteiger partial charge in [0.05, 0.1) is 11.1 Å². The number of thiophene rings is 1. The fourth-order valence-electron chi connectivity index (χ4n) is 1.65. The number of hydrogen-bond acceptors (Lipinski definition) is 5. The molecule has 0 saturated carbocycles. The van der Waals surface area contributed by atoms with Crippen molar-refractivity contribution in [3.63, 3.8) is 0 Å². The van der Waals surface area contributed by atoms with Gasteiger partial charge in [0.15, 0.2) is 12.4 Å². The molecule has 116 valence electrons. The molecule has 2 heterocycles. The molecular formula is C13H14N3O4S2+. The summed E-state index contributed by atoms with van der Waals surface area (Å²) in [7, 11) is -3.53. The molecule has 0 bridgehead atoms. The van der Waals surface area contributed by atoms with E-state index in [9.17, 15) is 18.0 Å². The zero-order chi connectivity index (χ0) is 16.2. The lowest BCUT2D eigenvalue weighted by atomic mass is 10.2. The Morgan fingerprint density at radius 1 is 1.27 bits per heavy atom. The number of hydrogen-bond donors (Lipinski definition) is 2. The number of pyridine rings is 1. The first-order valence-corrected chi connectivity index (χ1v) is 8.95. The van der Waals surface area contributed by atoms with Gasteiger partial charge in [-0.15, -0.1) is 16.2 Å². The highest BCUT2D eigenvalue weighted by Gasteiger charge is 2.16. The SMILES string of the molecule is CS(=O)(=O)NNC(=O)c1ccc[n+](CC(=O)c2cccs2)c1. The molecule has 2 rings (SSSR count). The number of Topliss-reactive ketones (excluding diaryl/α,β-unsaturated/α-hetero) is 1. The minimum Gasteiger partial charge on any atom is -0.286 e. The van der Waals surface area contributed by atoms with Gasteiger partial charge in [-0.3, -0.25) is 15.0 Å². The Morgan fingerprint density at radius 2 is 2.05 bits per heavy atom. The smallest absolute Gasteiger partial charge is 0.272 e. The van der Waals surface area contributed by atoms with Crippen molar-refractivity contribution in [2.75, 3.05) is 6.26 Å². The van der Waals surface area contributed by atoms with Gasteiger partial charge in [-0.05, 0) is 17.5 Å². The Balaban J connectivity index is 2.06. The first-order chi connectivity index (χ1) is 10.3. The van der Waals surface area contributed by atoms with Gasteiger partial charge >= 0.3 is 0 Å². The summed E-state index contributed by atoms with van der Waals surface area (Å²) < 4.78 is 23.4. The number of nitrogens with one attached hydrogen (secondary N) is 2. The van der Waals surface area contributed by atoms with Gasteiger partial charge in [0.1, 0.15) is 5.56 Å². The molecular weight excluding hydrogens is 326 g/mol. The summed E-state index contributed by atoms with van der Waals surface area (Å²) in [5, 5.41) is 1.82. The number of aromatic nitrogens is 1. The molecule has 0 radical (unpaired) electrons. The number of rotatable bonds is 6. The standard InChI is InChI=1S/C13H13N3O4S2/c1-22(19,20)15-14-13(18)10-4-2-6-16(8-10)9-11(17)12-5-3-7-21-12/h2-8,15H,9H2,1H3/p+1. The highest BCUT2D eigenvalue weighted by Crippen LogP contribution is 2.09. The Bertz CT molecular complexity index is 785. The molecule has 0 saturated heterocycles.